The van der Waals surface area contributed by atoms with E-state index in [1.54, 1.807) is 42.6 Å². The summed E-state index contributed by atoms with van der Waals surface area (Å²) in [4.78, 5) is 16.7. The van der Waals surface area contributed by atoms with Crippen LogP contribution in [0, 0.1) is 5.82 Å². The van der Waals surface area contributed by atoms with E-state index in [1.807, 2.05) is 12.1 Å². The Labute approximate surface area is 146 Å². The number of nitrogens with zero attached hydrogens (tertiary/aromatic N) is 1. The summed E-state index contributed by atoms with van der Waals surface area (Å²) >= 11 is 3.35. The van der Waals surface area contributed by atoms with Gasteiger partial charge >= 0.3 is 0 Å². The third kappa shape index (κ3) is 3.97. The van der Waals surface area contributed by atoms with Gasteiger partial charge in [0, 0.05) is 22.0 Å². The summed E-state index contributed by atoms with van der Waals surface area (Å²) < 4.78 is 14.2. The van der Waals surface area contributed by atoms with Gasteiger partial charge in [0.1, 0.15) is 11.6 Å². The Morgan fingerprint density at radius 3 is 2.54 bits per heavy atom. The number of carbonyl (C=O) groups excluding carboxylic acids is 1. The van der Waals surface area contributed by atoms with Crippen molar-refractivity contribution < 1.29 is 9.18 Å². The lowest BCUT2D eigenvalue weighted by Gasteiger charge is -2.11. The largest absolute Gasteiger partial charge is 0.339 e. The number of carbonyl (C=O) groups is 1. The molecule has 0 spiro atoms. The van der Waals surface area contributed by atoms with Crippen molar-refractivity contribution in [2.75, 3.05) is 10.6 Å². The quantitative estimate of drug-likeness (QED) is 0.665. The van der Waals surface area contributed by atoms with Crippen LogP contribution in [0.3, 0.4) is 0 Å². The number of halogens is 2. The van der Waals surface area contributed by atoms with Gasteiger partial charge in [0.25, 0.3) is 5.91 Å². The van der Waals surface area contributed by atoms with Crippen molar-refractivity contribution in [3.8, 4) is 0 Å². The van der Waals surface area contributed by atoms with Crippen molar-refractivity contribution >= 4 is 39.0 Å². The molecule has 2 N–H and O–H groups in total. The lowest BCUT2D eigenvalue weighted by molar-refractivity contribution is 0.102. The number of pyridine rings is 1. The van der Waals surface area contributed by atoms with Crippen molar-refractivity contribution in [2.45, 2.75) is 0 Å². The lowest BCUT2D eigenvalue weighted by Crippen LogP contribution is -2.14. The minimum atomic E-state index is -0.364. The molecule has 0 aliphatic heterocycles. The molecule has 0 radical (unpaired) electrons. The molecule has 1 heterocycles. The highest BCUT2D eigenvalue weighted by molar-refractivity contribution is 9.10. The van der Waals surface area contributed by atoms with E-state index in [0.717, 1.165) is 4.47 Å². The number of anilines is 3. The predicted molar refractivity (Wildman–Crippen MR) is 96.0 cm³/mol. The van der Waals surface area contributed by atoms with E-state index in [0.29, 0.717) is 22.8 Å². The molecule has 0 atom stereocenters. The summed E-state index contributed by atoms with van der Waals surface area (Å²) in [6.45, 7) is 0. The van der Waals surface area contributed by atoms with Crippen LogP contribution >= 0.6 is 15.9 Å². The molecule has 3 rings (SSSR count). The maximum atomic E-state index is 13.3. The molecule has 3 aromatic rings. The molecule has 1 aromatic heterocycles. The number of amides is 1. The second-order valence-corrected chi connectivity index (χ2v) is 5.91. The third-order valence-corrected chi connectivity index (χ3v) is 3.77. The zero-order chi connectivity index (χ0) is 16.9. The van der Waals surface area contributed by atoms with Gasteiger partial charge in [-0.05, 0) is 54.6 Å². The Morgan fingerprint density at radius 1 is 1.00 bits per heavy atom. The summed E-state index contributed by atoms with van der Waals surface area (Å²) in [7, 11) is 0. The summed E-state index contributed by atoms with van der Waals surface area (Å²) in [5, 5.41) is 5.78. The first-order valence-electron chi connectivity index (χ1n) is 7.16. The molecule has 120 valence electrons. The zero-order valence-corrected chi connectivity index (χ0v) is 14.0. The monoisotopic (exact) mass is 385 g/mol. The van der Waals surface area contributed by atoms with Crippen LogP contribution in [0.1, 0.15) is 10.4 Å². The van der Waals surface area contributed by atoms with Crippen LogP contribution < -0.4 is 10.6 Å². The Kier molecular flexibility index (Phi) is 4.86. The highest BCUT2D eigenvalue weighted by atomic mass is 79.9. The Morgan fingerprint density at radius 2 is 1.79 bits per heavy atom. The van der Waals surface area contributed by atoms with Crippen LogP contribution in [-0.4, -0.2) is 10.9 Å². The highest BCUT2D eigenvalue weighted by Crippen LogP contribution is 2.21. The van der Waals surface area contributed by atoms with E-state index in [9.17, 15) is 9.18 Å². The number of hydrogen-bond donors (Lipinski definition) is 2. The maximum Gasteiger partial charge on any atom is 0.259 e. The zero-order valence-electron chi connectivity index (χ0n) is 12.5. The SMILES string of the molecule is O=C(Nc1ccc(Br)cc1)c1cccnc1Nc1cccc(F)c1. The van der Waals surface area contributed by atoms with Gasteiger partial charge in [-0.3, -0.25) is 4.79 Å². The molecule has 2 aromatic carbocycles. The van der Waals surface area contributed by atoms with Crippen LogP contribution in [0.15, 0.2) is 71.3 Å². The van der Waals surface area contributed by atoms with E-state index in [4.69, 9.17) is 0 Å². The van der Waals surface area contributed by atoms with Crippen LogP contribution in [0.25, 0.3) is 0 Å². The molecule has 6 heteroatoms. The van der Waals surface area contributed by atoms with Gasteiger partial charge in [0.05, 0.1) is 5.56 Å². The number of aromatic nitrogens is 1. The Balaban J connectivity index is 1.83. The van der Waals surface area contributed by atoms with E-state index in [-0.39, 0.29) is 11.7 Å². The first-order chi connectivity index (χ1) is 11.6. The van der Waals surface area contributed by atoms with E-state index >= 15 is 0 Å². The smallest absolute Gasteiger partial charge is 0.259 e. The van der Waals surface area contributed by atoms with Crippen molar-refractivity contribution in [1.29, 1.82) is 0 Å². The molecule has 4 nitrogen and oxygen atoms in total. The first-order valence-corrected chi connectivity index (χ1v) is 7.95. The fourth-order valence-corrected chi connectivity index (χ4v) is 2.39. The van der Waals surface area contributed by atoms with Gasteiger partial charge in [-0.25, -0.2) is 9.37 Å². The minimum absolute atomic E-state index is 0.302. The number of benzene rings is 2. The molecular weight excluding hydrogens is 373 g/mol. The van der Waals surface area contributed by atoms with Crippen LogP contribution in [0.5, 0.6) is 0 Å². The van der Waals surface area contributed by atoms with Gasteiger partial charge < -0.3 is 10.6 Å². The van der Waals surface area contributed by atoms with Gasteiger partial charge in [-0.15, -0.1) is 0 Å². The summed E-state index contributed by atoms with van der Waals surface area (Å²) in [5.41, 5.74) is 1.56. The van der Waals surface area contributed by atoms with Gasteiger partial charge in [-0.2, -0.15) is 0 Å². The molecule has 1 amide bonds. The molecular formula is C18H13BrFN3O. The summed E-state index contributed by atoms with van der Waals surface area (Å²) in [6, 6.07) is 16.6. The van der Waals surface area contributed by atoms with Gasteiger partial charge in [0.2, 0.25) is 0 Å². The molecule has 0 unspecified atom stereocenters. The molecule has 0 saturated heterocycles. The molecule has 0 saturated carbocycles. The minimum Gasteiger partial charge on any atom is -0.339 e. The van der Waals surface area contributed by atoms with E-state index in [2.05, 4.69) is 31.5 Å². The molecule has 0 fully saturated rings. The maximum absolute atomic E-state index is 13.3. The normalized spacial score (nSPS) is 10.2. The number of hydrogen-bond acceptors (Lipinski definition) is 3. The second kappa shape index (κ2) is 7.23. The van der Waals surface area contributed by atoms with Gasteiger partial charge in [-0.1, -0.05) is 22.0 Å². The average molecular weight is 386 g/mol. The van der Waals surface area contributed by atoms with E-state index < -0.39 is 0 Å². The standard InChI is InChI=1S/C18H13BrFN3O/c19-12-6-8-14(9-7-12)23-18(24)16-5-2-10-21-17(16)22-15-4-1-3-13(20)11-15/h1-11H,(H,21,22)(H,23,24). The molecule has 0 aliphatic carbocycles. The fourth-order valence-electron chi connectivity index (χ4n) is 2.12. The van der Waals surface area contributed by atoms with Crippen molar-refractivity contribution in [3.05, 3.63) is 82.7 Å². The topological polar surface area (TPSA) is 54.0 Å². The van der Waals surface area contributed by atoms with Crippen LogP contribution in [0.4, 0.5) is 21.6 Å². The second-order valence-electron chi connectivity index (χ2n) is 5.00. The lowest BCUT2D eigenvalue weighted by atomic mass is 10.2. The summed E-state index contributed by atoms with van der Waals surface area (Å²) in [6.07, 6.45) is 1.57. The Bertz CT molecular complexity index is 868. The predicted octanol–water partition coefficient (Wildman–Crippen LogP) is 4.98. The first kappa shape index (κ1) is 16.1. The number of nitrogens with one attached hydrogen (secondary N) is 2. The molecule has 0 bridgehead atoms. The van der Waals surface area contributed by atoms with Crippen LogP contribution in [-0.2, 0) is 0 Å². The van der Waals surface area contributed by atoms with Crippen LogP contribution in [0.2, 0.25) is 0 Å². The summed E-state index contributed by atoms with van der Waals surface area (Å²) in [5.74, 6) is -0.307. The van der Waals surface area contributed by atoms with Crippen molar-refractivity contribution in [3.63, 3.8) is 0 Å². The Hall–Kier alpha value is -2.73. The highest BCUT2D eigenvalue weighted by Gasteiger charge is 2.13. The van der Waals surface area contributed by atoms with E-state index in [1.165, 1.54) is 12.1 Å². The third-order valence-electron chi connectivity index (χ3n) is 3.24. The number of rotatable bonds is 4. The van der Waals surface area contributed by atoms with Crippen molar-refractivity contribution in [2.24, 2.45) is 0 Å². The fraction of sp³-hybridized carbons (Fsp3) is 0. The average Bonchev–Trinajstić information content (AvgIpc) is 2.57. The van der Waals surface area contributed by atoms with Crippen molar-refractivity contribution in [1.82, 2.24) is 4.98 Å². The van der Waals surface area contributed by atoms with Gasteiger partial charge in [0.15, 0.2) is 0 Å². The molecule has 24 heavy (non-hydrogen) atoms. The molecule has 0 aliphatic rings.